The van der Waals surface area contributed by atoms with Gasteiger partial charge in [-0.3, -0.25) is 9.97 Å². The Kier molecular flexibility index (Phi) is 7.07. The van der Waals surface area contributed by atoms with Crippen molar-refractivity contribution in [3.8, 4) is 33.7 Å². The third-order valence-electron chi connectivity index (χ3n) is 9.77. The molecule has 0 amide bonds. The van der Waals surface area contributed by atoms with Crippen LogP contribution in [0.2, 0.25) is 0 Å². The average Bonchev–Trinajstić information content (AvgIpc) is 3.63. The zero-order chi connectivity index (χ0) is 34.4. The van der Waals surface area contributed by atoms with Crippen LogP contribution in [0.3, 0.4) is 0 Å². The van der Waals surface area contributed by atoms with Gasteiger partial charge in [-0.25, -0.2) is 4.98 Å². The maximum atomic E-state index is 6.20. The second-order valence-electron chi connectivity index (χ2n) is 13.0. The van der Waals surface area contributed by atoms with Crippen LogP contribution in [0.15, 0.2) is 187 Å². The molecule has 0 saturated heterocycles. The number of anilines is 3. The van der Waals surface area contributed by atoms with Crippen LogP contribution in [-0.4, -0.2) is 15.0 Å². The number of aromatic nitrogens is 3. The molecule has 8 aromatic carbocycles. The van der Waals surface area contributed by atoms with E-state index in [1.54, 1.807) is 12.4 Å². The fraction of sp³-hybridized carbons (Fsp3) is 0. The van der Waals surface area contributed by atoms with Gasteiger partial charge < -0.3 is 9.32 Å². The summed E-state index contributed by atoms with van der Waals surface area (Å²) in [5, 5.41) is 4.95. The highest BCUT2D eigenvalue weighted by molar-refractivity contribution is 5.92. The molecule has 0 fully saturated rings. The Bertz CT molecular complexity index is 2720. The number of oxazole rings is 1. The number of fused-ring (bicyclic) bond motifs is 4. The molecule has 10 rings (SSSR count). The molecular formula is C47H30N4O. The van der Waals surface area contributed by atoms with Crippen LogP contribution in [0.25, 0.3) is 77.4 Å². The molecular weight excluding hydrogens is 637 g/mol. The van der Waals surface area contributed by atoms with Crippen molar-refractivity contribution in [3.05, 3.63) is 182 Å². The van der Waals surface area contributed by atoms with E-state index in [2.05, 4.69) is 173 Å². The van der Waals surface area contributed by atoms with Gasteiger partial charge in [0.25, 0.3) is 0 Å². The van der Waals surface area contributed by atoms with Gasteiger partial charge in [0, 0.05) is 41.1 Å². The van der Waals surface area contributed by atoms with E-state index < -0.39 is 0 Å². The Labute approximate surface area is 300 Å². The van der Waals surface area contributed by atoms with Crippen molar-refractivity contribution in [2.75, 3.05) is 4.90 Å². The highest BCUT2D eigenvalue weighted by Gasteiger charge is 2.16. The molecule has 2 heterocycles. The number of rotatable bonds is 6. The summed E-state index contributed by atoms with van der Waals surface area (Å²) in [7, 11) is 0. The van der Waals surface area contributed by atoms with Gasteiger partial charge in [0.05, 0.1) is 11.0 Å². The topological polar surface area (TPSA) is 55.1 Å². The molecule has 0 aliphatic rings. The maximum absolute atomic E-state index is 6.20. The highest BCUT2D eigenvalue weighted by atomic mass is 16.3. The first kappa shape index (κ1) is 29.8. The summed E-state index contributed by atoms with van der Waals surface area (Å²) < 4.78 is 6.20. The quantitative estimate of drug-likeness (QED) is 0.177. The molecule has 5 nitrogen and oxygen atoms in total. The number of hydrogen-bond donors (Lipinski definition) is 0. The minimum Gasteiger partial charge on any atom is -0.436 e. The van der Waals surface area contributed by atoms with Crippen molar-refractivity contribution in [2.24, 2.45) is 0 Å². The molecule has 0 N–H and O–H groups in total. The van der Waals surface area contributed by atoms with Crippen LogP contribution >= 0.6 is 0 Å². The molecule has 0 aliphatic heterocycles. The third kappa shape index (κ3) is 5.42. The predicted molar refractivity (Wildman–Crippen MR) is 213 cm³/mol. The van der Waals surface area contributed by atoms with Crippen molar-refractivity contribution in [3.63, 3.8) is 0 Å². The fourth-order valence-electron chi connectivity index (χ4n) is 7.05. The summed E-state index contributed by atoms with van der Waals surface area (Å²) in [6.07, 6.45) is 3.37. The smallest absolute Gasteiger partial charge is 0.227 e. The van der Waals surface area contributed by atoms with Crippen molar-refractivity contribution < 1.29 is 4.42 Å². The van der Waals surface area contributed by atoms with E-state index in [0.717, 1.165) is 39.2 Å². The lowest BCUT2D eigenvalue weighted by Crippen LogP contribution is -2.09. The molecule has 2 aromatic heterocycles. The first-order chi connectivity index (χ1) is 25.7. The van der Waals surface area contributed by atoms with Gasteiger partial charge in [-0.05, 0) is 111 Å². The monoisotopic (exact) mass is 666 g/mol. The van der Waals surface area contributed by atoms with E-state index in [4.69, 9.17) is 9.40 Å². The minimum atomic E-state index is 0.558. The fourth-order valence-corrected chi connectivity index (χ4v) is 7.05. The van der Waals surface area contributed by atoms with Crippen LogP contribution in [0.4, 0.5) is 17.1 Å². The minimum absolute atomic E-state index is 0.558. The summed E-state index contributed by atoms with van der Waals surface area (Å²) >= 11 is 0. The first-order valence-electron chi connectivity index (χ1n) is 17.3. The van der Waals surface area contributed by atoms with Gasteiger partial charge in [-0.15, -0.1) is 0 Å². The van der Waals surface area contributed by atoms with Crippen molar-refractivity contribution in [1.82, 2.24) is 15.0 Å². The van der Waals surface area contributed by atoms with Crippen LogP contribution in [-0.2, 0) is 0 Å². The van der Waals surface area contributed by atoms with Crippen LogP contribution in [0.5, 0.6) is 0 Å². The maximum Gasteiger partial charge on any atom is 0.227 e. The summed E-state index contributed by atoms with van der Waals surface area (Å²) in [4.78, 5) is 15.9. The zero-order valence-electron chi connectivity index (χ0n) is 28.0. The second kappa shape index (κ2) is 12.3. The largest absolute Gasteiger partial charge is 0.436 e. The van der Waals surface area contributed by atoms with Crippen molar-refractivity contribution >= 4 is 60.7 Å². The number of nitrogens with zero attached hydrogens (tertiary/aromatic N) is 4. The third-order valence-corrected chi connectivity index (χ3v) is 9.77. The van der Waals surface area contributed by atoms with E-state index in [-0.39, 0.29) is 0 Å². The number of hydrogen-bond acceptors (Lipinski definition) is 5. The SMILES string of the molecule is c1ccc2cc(-c3ccc(N(c4ccc(-c5ccc6ccccc6c5)cc4)c4ccc(-c5nc6cc7nccnc7cc6o5)cc4)cc3)ccc2c1. The second-order valence-corrected chi connectivity index (χ2v) is 13.0. The first-order valence-corrected chi connectivity index (χ1v) is 17.3. The highest BCUT2D eigenvalue weighted by Crippen LogP contribution is 2.38. The molecule has 52 heavy (non-hydrogen) atoms. The Morgan fingerprint density at radius 3 is 1.33 bits per heavy atom. The van der Waals surface area contributed by atoms with Gasteiger partial charge in [-0.2, -0.15) is 0 Å². The lowest BCUT2D eigenvalue weighted by atomic mass is 10.00. The van der Waals surface area contributed by atoms with Gasteiger partial charge in [0.1, 0.15) is 5.52 Å². The van der Waals surface area contributed by atoms with Gasteiger partial charge in [0.2, 0.25) is 5.89 Å². The molecule has 244 valence electrons. The van der Waals surface area contributed by atoms with E-state index in [9.17, 15) is 0 Å². The van der Waals surface area contributed by atoms with E-state index >= 15 is 0 Å². The Balaban J connectivity index is 1.02. The average molecular weight is 667 g/mol. The van der Waals surface area contributed by atoms with Gasteiger partial charge >= 0.3 is 0 Å². The van der Waals surface area contributed by atoms with E-state index in [0.29, 0.717) is 11.5 Å². The van der Waals surface area contributed by atoms with Gasteiger partial charge in [-0.1, -0.05) is 97.1 Å². The molecule has 0 bridgehead atoms. The molecule has 0 aliphatic carbocycles. The molecule has 10 aromatic rings. The lowest BCUT2D eigenvalue weighted by molar-refractivity contribution is 0.620. The molecule has 0 spiro atoms. The van der Waals surface area contributed by atoms with Gasteiger partial charge in [0.15, 0.2) is 5.58 Å². The van der Waals surface area contributed by atoms with Crippen LogP contribution in [0, 0.1) is 0 Å². The van der Waals surface area contributed by atoms with E-state index in [1.165, 1.54) is 43.8 Å². The van der Waals surface area contributed by atoms with Crippen molar-refractivity contribution in [2.45, 2.75) is 0 Å². The Morgan fingerprint density at radius 1 is 0.365 bits per heavy atom. The summed E-state index contributed by atoms with van der Waals surface area (Å²) in [5.41, 5.74) is 11.8. The molecule has 0 unspecified atom stereocenters. The van der Waals surface area contributed by atoms with Crippen molar-refractivity contribution in [1.29, 1.82) is 0 Å². The summed E-state index contributed by atoms with van der Waals surface area (Å²) in [6, 6.07) is 60.1. The summed E-state index contributed by atoms with van der Waals surface area (Å²) in [5.74, 6) is 0.558. The zero-order valence-corrected chi connectivity index (χ0v) is 28.0. The standard InChI is InChI=1S/C47H30N4O/c1-3-7-36-27-38(11-9-31(36)5-1)33-13-19-40(20-14-33)51(41-21-15-34(16-22-41)39-12-10-32-6-2-4-8-37(32)28-39)42-23-17-35(18-24-42)47-50-45-29-43-44(30-46(45)52-47)49-26-25-48-43/h1-30H. The number of benzene rings is 8. The normalized spacial score (nSPS) is 11.5. The van der Waals surface area contributed by atoms with Crippen LogP contribution in [0.1, 0.15) is 0 Å². The Morgan fingerprint density at radius 2 is 0.808 bits per heavy atom. The van der Waals surface area contributed by atoms with Crippen LogP contribution < -0.4 is 4.90 Å². The molecule has 0 radical (unpaired) electrons. The predicted octanol–water partition coefficient (Wildman–Crippen LogP) is 12.5. The molecule has 0 saturated carbocycles. The Hall–Kier alpha value is -7.11. The molecule has 5 heteroatoms. The molecule has 0 atom stereocenters. The lowest BCUT2D eigenvalue weighted by Gasteiger charge is -2.26. The summed E-state index contributed by atoms with van der Waals surface area (Å²) in [6.45, 7) is 0. The van der Waals surface area contributed by atoms with E-state index in [1.807, 2.05) is 12.1 Å².